The van der Waals surface area contributed by atoms with Crippen LogP contribution >= 0.6 is 11.3 Å². The summed E-state index contributed by atoms with van der Waals surface area (Å²) in [6.07, 6.45) is 6.98. The van der Waals surface area contributed by atoms with Gasteiger partial charge in [-0.2, -0.15) is 0 Å². The molecule has 1 aromatic heterocycles. The molecule has 1 saturated heterocycles. The number of hydrogen-bond donors (Lipinski definition) is 2. The number of nitrogens with zero attached hydrogens (tertiary/aromatic N) is 1. The van der Waals surface area contributed by atoms with Gasteiger partial charge in [-0.15, -0.1) is 11.3 Å². The lowest BCUT2D eigenvalue weighted by atomic mass is 10.1. The average Bonchev–Trinajstić information content (AvgIpc) is 3.42. The number of ether oxygens (including phenoxy) is 1. The van der Waals surface area contributed by atoms with Crippen molar-refractivity contribution in [1.29, 1.82) is 0 Å². The average molecular weight is 420 g/mol. The summed E-state index contributed by atoms with van der Waals surface area (Å²) in [7, 11) is 0. The minimum atomic E-state index is -0.562. The molecule has 2 fully saturated rings. The second-order valence-corrected chi connectivity index (χ2v) is 9.07. The molecule has 2 heterocycles. The van der Waals surface area contributed by atoms with Crippen LogP contribution in [0, 0.1) is 5.92 Å². The van der Waals surface area contributed by atoms with E-state index in [1.165, 1.54) is 11.3 Å². The number of likely N-dealkylation sites (tertiary alicyclic amines) is 1. The summed E-state index contributed by atoms with van der Waals surface area (Å²) in [6.45, 7) is -0.0822. The van der Waals surface area contributed by atoms with Crippen molar-refractivity contribution < 1.29 is 23.9 Å². The van der Waals surface area contributed by atoms with E-state index in [0.717, 1.165) is 55.4 Å². The number of amides is 3. The summed E-state index contributed by atoms with van der Waals surface area (Å²) in [4.78, 5) is 51.5. The van der Waals surface area contributed by atoms with E-state index in [4.69, 9.17) is 10.5 Å². The maximum Gasteiger partial charge on any atom is 0.311 e. The van der Waals surface area contributed by atoms with E-state index < -0.39 is 30.3 Å². The Morgan fingerprint density at radius 2 is 1.93 bits per heavy atom. The van der Waals surface area contributed by atoms with Crippen molar-refractivity contribution in [1.82, 2.24) is 4.90 Å². The van der Waals surface area contributed by atoms with Crippen LogP contribution in [-0.2, 0) is 32.0 Å². The lowest BCUT2D eigenvalue weighted by Crippen LogP contribution is -2.35. The van der Waals surface area contributed by atoms with Gasteiger partial charge in [-0.25, -0.2) is 0 Å². The van der Waals surface area contributed by atoms with E-state index in [-0.39, 0.29) is 18.4 Å². The number of carbonyl (C=O) groups is 4. The largest absolute Gasteiger partial charge is 0.455 e. The number of nitrogens with two attached hydrogens (primary N) is 1. The van der Waals surface area contributed by atoms with Crippen LogP contribution in [0.2, 0.25) is 0 Å². The monoisotopic (exact) mass is 419 g/mol. The molecule has 4 rings (SSSR count). The van der Waals surface area contributed by atoms with Crippen LogP contribution in [0.4, 0.5) is 5.00 Å². The van der Waals surface area contributed by atoms with Crippen molar-refractivity contribution in [2.24, 2.45) is 11.7 Å². The van der Waals surface area contributed by atoms with Crippen molar-refractivity contribution in [3.05, 3.63) is 16.0 Å². The van der Waals surface area contributed by atoms with Gasteiger partial charge in [0.15, 0.2) is 6.61 Å². The molecule has 0 unspecified atom stereocenters. The van der Waals surface area contributed by atoms with Crippen LogP contribution < -0.4 is 11.1 Å². The summed E-state index contributed by atoms with van der Waals surface area (Å²) in [5, 5.41) is 3.08. The third kappa shape index (κ3) is 4.01. The fourth-order valence-electron chi connectivity index (χ4n) is 4.63. The second-order valence-electron chi connectivity index (χ2n) is 7.97. The number of esters is 1. The summed E-state index contributed by atoms with van der Waals surface area (Å²) < 4.78 is 5.16. The summed E-state index contributed by atoms with van der Waals surface area (Å²) >= 11 is 1.35. The predicted molar refractivity (Wildman–Crippen MR) is 107 cm³/mol. The third-order valence-electron chi connectivity index (χ3n) is 6.02. The van der Waals surface area contributed by atoms with Crippen molar-refractivity contribution in [2.75, 3.05) is 18.5 Å². The first kappa shape index (κ1) is 19.9. The van der Waals surface area contributed by atoms with Crippen LogP contribution in [0.1, 0.15) is 59.3 Å². The molecule has 3 N–H and O–H groups in total. The molecule has 156 valence electrons. The standard InChI is InChI=1S/C20H25N3O5S/c21-18(26)17-13-6-3-7-14(13)29-19(17)22-15(24)10-28-20(27)11-8-16(25)23(9-11)12-4-1-2-5-12/h11-12H,1-10H2,(H2,21,26)(H,22,24)/t11-/m0/s1. The Kier molecular flexibility index (Phi) is 5.58. The van der Waals surface area contributed by atoms with E-state index in [1.807, 2.05) is 0 Å². The van der Waals surface area contributed by atoms with Crippen LogP contribution in [0.15, 0.2) is 0 Å². The first-order valence-corrected chi connectivity index (χ1v) is 11.0. The van der Waals surface area contributed by atoms with E-state index in [2.05, 4.69) is 5.32 Å². The van der Waals surface area contributed by atoms with Gasteiger partial charge in [0.2, 0.25) is 5.91 Å². The van der Waals surface area contributed by atoms with Crippen molar-refractivity contribution in [2.45, 2.75) is 57.4 Å². The summed E-state index contributed by atoms with van der Waals surface area (Å²) in [6, 6.07) is 0.233. The molecule has 3 aliphatic rings. The highest BCUT2D eigenvalue weighted by atomic mass is 32.1. The molecule has 29 heavy (non-hydrogen) atoms. The number of carbonyl (C=O) groups excluding carboxylic acids is 4. The van der Waals surface area contributed by atoms with Crippen LogP contribution in [0.3, 0.4) is 0 Å². The predicted octanol–water partition coefficient (Wildman–Crippen LogP) is 1.61. The number of hydrogen-bond acceptors (Lipinski definition) is 6. The maximum absolute atomic E-state index is 12.3. The Morgan fingerprint density at radius 3 is 2.66 bits per heavy atom. The lowest BCUT2D eigenvalue weighted by Gasteiger charge is -2.23. The number of thiophene rings is 1. The fourth-order valence-corrected chi connectivity index (χ4v) is 5.94. The number of anilines is 1. The van der Waals surface area contributed by atoms with E-state index in [0.29, 0.717) is 17.1 Å². The molecule has 8 nitrogen and oxygen atoms in total. The molecule has 1 aromatic rings. The van der Waals surface area contributed by atoms with Crippen LogP contribution in [0.25, 0.3) is 0 Å². The van der Waals surface area contributed by atoms with Crippen molar-refractivity contribution in [3.63, 3.8) is 0 Å². The molecule has 0 radical (unpaired) electrons. The molecular weight excluding hydrogens is 394 g/mol. The SMILES string of the molecule is NC(=O)c1c(NC(=O)COC(=O)[C@H]2CC(=O)N(C3CCCC3)C2)sc2c1CCC2. The number of nitrogens with one attached hydrogen (secondary N) is 1. The van der Waals surface area contributed by atoms with E-state index >= 15 is 0 Å². The number of primary amides is 1. The van der Waals surface area contributed by atoms with Crippen molar-refractivity contribution in [3.8, 4) is 0 Å². The Balaban J connectivity index is 1.31. The third-order valence-corrected chi connectivity index (χ3v) is 7.23. The molecule has 1 atom stereocenters. The van der Waals surface area contributed by atoms with Gasteiger partial charge in [0.1, 0.15) is 5.00 Å². The molecule has 0 aromatic carbocycles. The minimum Gasteiger partial charge on any atom is -0.455 e. The molecule has 1 saturated carbocycles. The summed E-state index contributed by atoms with van der Waals surface area (Å²) in [5.41, 5.74) is 6.78. The number of aryl methyl sites for hydroxylation is 1. The highest BCUT2D eigenvalue weighted by Crippen LogP contribution is 2.38. The first-order chi connectivity index (χ1) is 13.9. The maximum atomic E-state index is 12.3. The molecule has 2 aliphatic carbocycles. The molecular formula is C20H25N3O5S. The molecule has 0 bridgehead atoms. The Hall–Kier alpha value is -2.42. The highest BCUT2D eigenvalue weighted by Gasteiger charge is 2.39. The van der Waals surface area contributed by atoms with Gasteiger partial charge in [0.05, 0.1) is 11.5 Å². The van der Waals surface area contributed by atoms with Gasteiger partial charge < -0.3 is 20.7 Å². The molecule has 0 spiro atoms. The number of fused-ring (bicyclic) bond motifs is 1. The molecule has 9 heteroatoms. The Morgan fingerprint density at radius 1 is 1.17 bits per heavy atom. The minimum absolute atomic E-state index is 0.0116. The van der Waals surface area contributed by atoms with Gasteiger partial charge in [0.25, 0.3) is 11.8 Å². The zero-order valence-corrected chi connectivity index (χ0v) is 17.0. The van der Waals surface area contributed by atoms with Gasteiger partial charge in [-0.1, -0.05) is 12.8 Å². The van der Waals surface area contributed by atoms with E-state index in [9.17, 15) is 19.2 Å². The molecule has 1 aliphatic heterocycles. The van der Waals surface area contributed by atoms with Crippen LogP contribution in [-0.4, -0.2) is 47.8 Å². The Bertz CT molecular complexity index is 859. The first-order valence-electron chi connectivity index (χ1n) is 10.1. The zero-order valence-electron chi connectivity index (χ0n) is 16.2. The normalized spacial score (nSPS) is 21.4. The summed E-state index contributed by atoms with van der Waals surface area (Å²) in [5.74, 6) is -2.14. The number of rotatable bonds is 6. The van der Waals surface area contributed by atoms with Crippen molar-refractivity contribution >= 4 is 40.0 Å². The fraction of sp³-hybridized carbons (Fsp3) is 0.600. The lowest BCUT2D eigenvalue weighted by molar-refractivity contribution is -0.151. The Labute approximate surface area is 172 Å². The topological polar surface area (TPSA) is 119 Å². The van der Waals surface area contributed by atoms with Gasteiger partial charge in [-0.3, -0.25) is 19.2 Å². The zero-order chi connectivity index (χ0) is 20.5. The van der Waals surface area contributed by atoms with Crippen LogP contribution in [0.5, 0.6) is 0 Å². The second kappa shape index (κ2) is 8.14. The van der Waals surface area contributed by atoms with Gasteiger partial charge in [-0.05, 0) is 37.7 Å². The molecule has 3 amide bonds. The highest BCUT2D eigenvalue weighted by molar-refractivity contribution is 7.17. The van der Waals surface area contributed by atoms with Gasteiger partial charge >= 0.3 is 5.97 Å². The van der Waals surface area contributed by atoms with E-state index in [1.54, 1.807) is 4.90 Å². The quantitative estimate of drug-likeness (QED) is 0.679. The van der Waals surface area contributed by atoms with Gasteiger partial charge in [0, 0.05) is 23.9 Å². The smallest absolute Gasteiger partial charge is 0.311 e.